The summed E-state index contributed by atoms with van der Waals surface area (Å²) in [6, 6.07) is 22.4. The van der Waals surface area contributed by atoms with Crippen LogP contribution >= 0.6 is 11.3 Å². The van der Waals surface area contributed by atoms with Gasteiger partial charge in [-0.3, -0.25) is 4.90 Å². The quantitative estimate of drug-likeness (QED) is 0.614. The molecule has 0 spiro atoms. The van der Waals surface area contributed by atoms with Crippen LogP contribution in [0.3, 0.4) is 0 Å². The third kappa shape index (κ3) is 3.93. The Morgan fingerprint density at radius 1 is 0.906 bits per heavy atom. The molecule has 2 fully saturated rings. The fraction of sp³-hybridized carbons (Fsp3) is 0.360. The van der Waals surface area contributed by atoms with Crippen molar-refractivity contribution in [2.45, 2.75) is 35.1 Å². The first-order chi connectivity index (χ1) is 15.6. The van der Waals surface area contributed by atoms with Crippen molar-refractivity contribution >= 4 is 21.4 Å². The van der Waals surface area contributed by atoms with Gasteiger partial charge >= 0.3 is 0 Å². The zero-order valence-corrected chi connectivity index (χ0v) is 19.5. The van der Waals surface area contributed by atoms with Gasteiger partial charge in [0.05, 0.1) is 6.61 Å². The lowest BCUT2D eigenvalue weighted by atomic mass is 9.74. The smallest absolute Gasteiger partial charge is 0.252 e. The van der Waals surface area contributed by atoms with E-state index in [1.54, 1.807) is 16.4 Å². The van der Waals surface area contributed by atoms with Crippen LogP contribution in [0, 0.1) is 0 Å². The predicted molar refractivity (Wildman–Crippen MR) is 128 cm³/mol. The molecule has 2 aliphatic rings. The van der Waals surface area contributed by atoms with Gasteiger partial charge in [-0.1, -0.05) is 60.7 Å². The molecule has 32 heavy (non-hydrogen) atoms. The van der Waals surface area contributed by atoms with Gasteiger partial charge in [0.2, 0.25) is 0 Å². The normalized spacial score (nSPS) is 24.8. The third-order valence-electron chi connectivity index (χ3n) is 6.82. The van der Waals surface area contributed by atoms with Crippen LogP contribution in [-0.4, -0.2) is 61.1 Å². The summed E-state index contributed by atoms with van der Waals surface area (Å²) in [6.07, 6.45) is 1.77. The molecule has 0 amide bonds. The summed E-state index contributed by atoms with van der Waals surface area (Å²) in [5.41, 5.74) is 3.50. The maximum atomic E-state index is 13.3. The highest BCUT2D eigenvalue weighted by Gasteiger charge is 2.50. The minimum absolute atomic E-state index is 0.0342. The number of aliphatic hydroxyl groups excluding tert-OH is 1. The Morgan fingerprint density at radius 3 is 2.31 bits per heavy atom. The number of rotatable bonds is 5. The lowest BCUT2D eigenvalue weighted by Crippen LogP contribution is -2.67. The standard InChI is InChI=1S/C25H28N2O3S2/c28-18-23-25(21-12-10-20(11-13-21)19-7-2-1-3-8-19)22-17-26(14-4-5-15-27(22)23)32(29,30)24-9-6-16-31-24/h1-3,6-13,16,22-23,25,28H,4-5,14-15,17-18H2/t22-,23+,25+/m1/s1. The molecule has 5 rings (SSSR count). The fourth-order valence-electron chi connectivity index (χ4n) is 5.19. The molecule has 3 atom stereocenters. The second-order valence-electron chi connectivity index (χ2n) is 8.57. The summed E-state index contributed by atoms with van der Waals surface area (Å²) in [5, 5.41) is 12.0. The van der Waals surface area contributed by atoms with Gasteiger partial charge in [-0.15, -0.1) is 11.3 Å². The Balaban J connectivity index is 1.42. The minimum Gasteiger partial charge on any atom is -0.395 e. The second kappa shape index (κ2) is 9.08. The topological polar surface area (TPSA) is 60.9 Å². The van der Waals surface area contributed by atoms with Gasteiger partial charge in [0, 0.05) is 31.1 Å². The second-order valence-corrected chi connectivity index (χ2v) is 11.7. The first-order valence-electron chi connectivity index (χ1n) is 11.2. The van der Waals surface area contributed by atoms with E-state index in [-0.39, 0.29) is 24.6 Å². The molecule has 0 unspecified atom stereocenters. The Labute approximate surface area is 194 Å². The van der Waals surface area contributed by atoms with Crippen molar-refractivity contribution in [2.24, 2.45) is 0 Å². The van der Waals surface area contributed by atoms with Crippen molar-refractivity contribution in [3.05, 3.63) is 77.7 Å². The number of aliphatic hydroxyl groups is 1. The molecule has 2 saturated heterocycles. The molecule has 3 heterocycles. The predicted octanol–water partition coefficient (Wildman–Crippen LogP) is 4.03. The van der Waals surface area contributed by atoms with E-state index in [0.29, 0.717) is 17.3 Å². The van der Waals surface area contributed by atoms with Crippen LogP contribution in [-0.2, 0) is 10.0 Å². The fourth-order valence-corrected chi connectivity index (χ4v) is 7.83. The number of nitrogens with zero attached hydrogens (tertiary/aromatic N) is 2. The molecular weight excluding hydrogens is 440 g/mol. The van der Waals surface area contributed by atoms with E-state index >= 15 is 0 Å². The molecule has 2 aliphatic heterocycles. The van der Waals surface area contributed by atoms with Crippen molar-refractivity contribution in [2.75, 3.05) is 26.2 Å². The van der Waals surface area contributed by atoms with Gasteiger partial charge in [0.15, 0.2) is 0 Å². The first kappa shape index (κ1) is 21.8. The van der Waals surface area contributed by atoms with Crippen LogP contribution in [0.1, 0.15) is 24.3 Å². The summed E-state index contributed by atoms with van der Waals surface area (Å²) in [5.74, 6) is 0.115. The highest BCUT2D eigenvalue weighted by Crippen LogP contribution is 2.43. The number of fused-ring (bicyclic) bond motifs is 1. The SMILES string of the molecule is O=S(=O)(c1cccs1)N1CCCCN2[C@H](C1)[C@H](c1ccc(-c3ccccc3)cc1)[C@@H]2CO. The van der Waals surface area contributed by atoms with Crippen molar-refractivity contribution in [3.8, 4) is 11.1 Å². The lowest BCUT2D eigenvalue weighted by molar-refractivity contribution is -0.0553. The van der Waals surface area contributed by atoms with E-state index in [1.165, 1.54) is 22.5 Å². The van der Waals surface area contributed by atoms with Gasteiger partial charge in [-0.25, -0.2) is 8.42 Å². The molecule has 0 saturated carbocycles. The summed E-state index contributed by atoms with van der Waals surface area (Å²) in [6.45, 7) is 2.00. The Hall–Kier alpha value is -2.03. The van der Waals surface area contributed by atoms with E-state index in [2.05, 4.69) is 41.3 Å². The number of benzene rings is 2. The highest BCUT2D eigenvalue weighted by atomic mass is 32.2. The van der Waals surface area contributed by atoms with Crippen molar-refractivity contribution < 1.29 is 13.5 Å². The Morgan fingerprint density at radius 2 is 1.62 bits per heavy atom. The van der Waals surface area contributed by atoms with E-state index in [1.807, 2.05) is 23.6 Å². The summed E-state index contributed by atoms with van der Waals surface area (Å²) < 4.78 is 28.6. The molecule has 1 N–H and O–H groups in total. The monoisotopic (exact) mass is 468 g/mol. The molecule has 0 bridgehead atoms. The van der Waals surface area contributed by atoms with Gasteiger partial charge < -0.3 is 5.11 Å². The van der Waals surface area contributed by atoms with E-state index in [9.17, 15) is 13.5 Å². The average Bonchev–Trinajstić information content (AvgIpc) is 3.35. The molecule has 3 aromatic rings. The molecule has 7 heteroatoms. The zero-order chi connectivity index (χ0) is 22.1. The van der Waals surface area contributed by atoms with Crippen LogP contribution in [0.5, 0.6) is 0 Å². The van der Waals surface area contributed by atoms with Gasteiger partial charge in [0.1, 0.15) is 4.21 Å². The summed E-state index contributed by atoms with van der Waals surface area (Å²) >= 11 is 1.27. The van der Waals surface area contributed by atoms with Crippen LogP contribution in [0.15, 0.2) is 76.3 Å². The number of thiophene rings is 1. The maximum Gasteiger partial charge on any atom is 0.252 e. The Bertz CT molecular complexity index is 1130. The van der Waals surface area contributed by atoms with Crippen LogP contribution < -0.4 is 0 Å². The molecule has 0 radical (unpaired) electrons. The van der Waals surface area contributed by atoms with Gasteiger partial charge in [0.25, 0.3) is 10.0 Å². The van der Waals surface area contributed by atoms with E-state index < -0.39 is 10.0 Å². The number of hydrogen-bond donors (Lipinski definition) is 1. The largest absolute Gasteiger partial charge is 0.395 e. The third-order valence-corrected chi connectivity index (χ3v) is 10.1. The van der Waals surface area contributed by atoms with Gasteiger partial charge in [-0.2, -0.15) is 4.31 Å². The van der Waals surface area contributed by atoms with Crippen molar-refractivity contribution in [3.63, 3.8) is 0 Å². The highest BCUT2D eigenvalue weighted by molar-refractivity contribution is 7.91. The molecular formula is C25H28N2O3S2. The maximum absolute atomic E-state index is 13.3. The van der Waals surface area contributed by atoms with Crippen LogP contribution in [0.2, 0.25) is 0 Å². The van der Waals surface area contributed by atoms with Crippen LogP contribution in [0.4, 0.5) is 0 Å². The summed E-state index contributed by atoms with van der Waals surface area (Å²) in [7, 11) is -3.49. The van der Waals surface area contributed by atoms with Crippen LogP contribution in [0.25, 0.3) is 11.1 Å². The first-order valence-corrected chi connectivity index (χ1v) is 13.5. The number of hydrogen-bond acceptors (Lipinski definition) is 5. The average molecular weight is 469 g/mol. The number of sulfonamides is 1. The van der Waals surface area contributed by atoms with E-state index in [4.69, 9.17) is 0 Å². The van der Waals surface area contributed by atoms with Gasteiger partial charge in [-0.05, 0) is 47.5 Å². The molecule has 168 valence electrons. The Kier molecular flexibility index (Phi) is 6.18. The molecule has 0 aliphatic carbocycles. The molecule has 5 nitrogen and oxygen atoms in total. The zero-order valence-electron chi connectivity index (χ0n) is 17.9. The van der Waals surface area contributed by atoms with Crippen molar-refractivity contribution in [1.29, 1.82) is 0 Å². The molecule has 2 aromatic carbocycles. The lowest BCUT2D eigenvalue weighted by Gasteiger charge is -2.57. The molecule has 1 aromatic heterocycles. The minimum atomic E-state index is -3.49. The van der Waals surface area contributed by atoms with Crippen molar-refractivity contribution in [1.82, 2.24) is 9.21 Å². The van der Waals surface area contributed by atoms with E-state index in [0.717, 1.165) is 24.9 Å². The summed E-state index contributed by atoms with van der Waals surface area (Å²) in [4.78, 5) is 2.31.